The number of hydrogen-bond donors (Lipinski definition) is 3. The van der Waals surface area contributed by atoms with Crippen LogP contribution in [0.5, 0.6) is 0 Å². The number of aromatic nitrogens is 1. The molecule has 2 heterocycles. The maximum absolute atomic E-state index is 11.6. The summed E-state index contributed by atoms with van der Waals surface area (Å²) in [5.74, 6) is -1.49. The highest BCUT2D eigenvalue weighted by Crippen LogP contribution is 2.10. The topological polar surface area (TPSA) is 108 Å². The lowest BCUT2D eigenvalue weighted by Gasteiger charge is -2.09. The third-order valence-corrected chi connectivity index (χ3v) is 3.35. The molecule has 0 saturated carbocycles. The Balaban J connectivity index is 1.85. The van der Waals surface area contributed by atoms with Crippen LogP contribution >= 0.6 is 11.3 Å². The first-order chi connectivity index (χ1) is 8.56. The summed E-state index contributed by atoms with van der Waals surface area (Å²) in [6.45, 7) is 0.170. The van der Waals surface area contributed by atoms with Gasteiger partial charge in [0.15, 0.2) is 5.69 Å². The molecule has 1 aliphatic rings. The Labute approximate surface area is 106 Å². The Morgan fingerprint density at radius 3 is 2.94 bits per heavy atom. The molecule has 1 atom stereocenters. The van der Waals surface area contributed by atoms with Gasteiger partial charge in [-0.25, -0.2) is 9.78 Å². The number of hydrogen-bond acceptors (Lipinski definition) is 5. The molecule has 18 heavy (non-hydrogen) atoms. The zero-order valence-electron chi connectivity index (χ0n) is 9.30. The Kier molecular flexibility index (Phi) is 3.56. The molecule has 0 bridgehead atoms. The minimum absolute atomic E-state index is 0.0292. The number of carbonyl (C=O) groups excluding carboxylic acids is 2. The molecule has 0 aromatic carbocycles. The van der Waals surface area contributed by atoms with E-state index < -0.39 is 12.0 Å². The SMILES string of the molecule is O=C1CC[C@H](C(=O)NCc2nc(C(=O)O)cs2)N1. The molecular weight excluding hydrogens is 258 g/mol. The summed E-state index contributed by atoms with van der Waals surface area (Å²) in [7, 11) is 0. The highest BCUT2D eigenvalue weighted by atomic mass is 32.1. The number of aromatic carboxylic acids is 1. The van der Waals surface area contributed by atoms with Gasteiger partial charge in [0.05, 0.1) is 6.54 Å². The van der Waals surface area contributed by atoms with E-state index in [1.807, 2.05) is 0 Å². The average Bonchev–Trinajstić information content (AvgIpc) is 2.94. The number of nitrogens with one attached hydrogen (secondary N) is 2. The number of carbonyl (C=O) groups is 3. The van der Waals surface area contributed by atoms with Gasteiger partial charge in [-0.2, -0.15) is 0 Å². The third-order valence-electron chi connectivity index (χ3n) is 2.50. The van der Waals surface area contributed by atoms with Crippen LogP contribution in [0.4, 0.5) is 0 Å². The van der Waals surface area contributed by atoms with Crippen molar-refractivity contribution in [1.29, 1.82) is 0 Å². The van der Waals surface area contributed by atoms with E-state index in [0.29, 0.717) is 17.8 Å². The molecule has 0 spiro atoms. The molecule has 8 heteroatoms. The van der Waals surface area contributed by atoms with Crippen LogP contribution in [0.3, 0.4) is 0 Å². The Morgan fingerprint density at radius 2 is 2.39 bits per heavy atom. The van der Waals surface area contributed by atoms with E-state index in [-0.39, 0.29) is 24.1 Å². The lowest BCUT2D eigenvalue weighted by Crippen LogP contribution is -2.41. The predicted octanol–water partition coefficient (Wildman–Crippen LogP) is -0.264. The van der Waals surface area contributed by atoms with Gasteiger partial charge in [0.25, 0.3) is 0 Å². The van der Waals surface area contributed by atoms with E-state index in [4.69, 9.17) is 5.11 Å². The number of thiazole rings is 1. The summed E-state index contributed by atoms with van der Waals surface area (Å²) in [5, 5.41) is 15.8. The summed E-state index contributed by atoms with van der Waals surface area (Å²) in [4.78, 5) is 37.0. The monoisotopic (exact) mass is 269 g/mol. The largest absolute Gasteiger partial charge is 0.476 e. The van der Waals surface area contributed by atoms with Crippen molar-refractivity contribution in [3.05, 3.63) is 16.1 Å². The van der Waals surface area contributed by atoms with Crippen LogP contribution in [0.25, 0.3) is 0 Å². The smallest absolute Gasteiger partial charge is 0.355 e. The molecule has 96 valence electrons. The van der Waals surface area contributed by atoms with Gasteiger partial charge in [-0.1, -0.05) is 0 Å². The number of amides is 2. The molecule has 1 aromatic heterocycles. The van der Waals surface area contributed by atoms with Gasteiger partial charge in [0.1, 0.15) is 11.0 Å². The number of rotatable bonds is 4. The summed E-state index contributed by atoms with van der Waals surface area (Å²) in [6, 6.07) is -0.489. The van der Waals surface area contributed by atoms with E-state index in [2.05, 4.69) is 15.6 Å². The minimum atomic E-state index is -1.09. The molecule has 2 amide bonds. The first kappa shape index (κ1) is 12.5. The van der Waals surface area contributed by atoms with Crippen LogP contribution in [-0.2, 0) is 16.1 Å². The van der Waals surface area contributed by atoms with E-state index in [1.165, 1.54) is 16.7 Å². The van der Waals surface area contributed by atoms with Crippen molar-refractivity contribution < 1.29 is 19.5 Å². The standard InChI is InChI=1S/C10H11N3O4S/c14-7-2-1-5(12-7)9(15)11-3-8-13-6(4-18-8)10(16)17/h4-5H,1-3H2,(H,11,15)(H,12,14)(H,16,17)/t5-/m1/s1. The lowest BCUT2D eigenvalue weighted by atomic mass is 10.2. The van der Waals surface area contributed by atoms with Gasteiger partial charge in [-0.05, 0) is 6.42 Å². The second-order valence-electron chi connectivity index (χ2n) is 3.81. The maximum Gasteiger partial charge on any atom is 0.355 e. The van der Waals surface area contributed by atoms with Crippen LogP contribution in [0, 0.1) is 0 Å². The molecule has 3 N–H and O–H groups in total. The molecule has 1 fully saturated rings. The van der Waals surface area contributed by atoms with Gasteiger partial charge in [-0.15, -0.1) is 11.3 Å². The fourth-order valence-corrected chi connectivity index (χ4v) is 2.29. The predicted molar refractivity (Wildman–Crippen MR) is 62.1 cm³/mol. The molecule has 0 unspecified atom stereocenters. The highest BCUT2D eigenvalue weighted by molar-refractivity contribution is 7.09. The van der Waals surface area contributed by atoms with Crippen molar-refractivity contribution in [3.8, 4) is 0 Å². The van der Waals surface area contributed by atoms with Gasteiger partial charge in [-0.3, -0.25) is 9.59 Å². The summed E-state index contributed by atoms with van der Waals surface area (Å²) in [5.41, 5.74) is -0.0292. The zero-order valence-corrected chi connectivity index (χ0v) is 10.1. The molecule has 7 nitrogen and oxygen atoms in total. The van der Waals surface area contributed by atoms with Crippen LogP contribution < -0.4 is 10.6 Å². The lowest BCUT2D eigenvalue weighted by molar-refractivity contribution is -0.125. The molecular formula is C10H11N3O4S. The van der Waals surface area contributed by atoms with Crippen molar-refractivity contribution >= 4 is 29.1 Å². The van der Waals surface area contributed by atoms with Crippen LogP contribution in [-0.4, -0.2) is 33.9 Å². The van der Waals surface area contributed by atoms with Gasteiger partial charge in [0.2, 0.25) is 11.8 Å². The Morgan fingerprint density at radius 1 is 1.61 bits per heavy atom. The third kappa shape index (κ3) is 2.83. The fraction of sp³-hybridized carbons (Fsp3) is 0.400. The molecule has 1 aliphatic heterocycles. The number of nitrogens with zero attached hydrogens (tertiary/aromatic N) is 1. The van der Waals surface area contributed by atoms with E-state index >= 15 is 0 Å². The van der Waals surface area contributed by atoms with E-state index in [1.54, 1.807) is 0 Å². The molecule has 1 saturated heterocycles. The summed E-state index contributed by atoms with van der Waals surface area (Å²) < 4.78 is 0. The van der Waals surface area contributed by atoms with Crippen molar-refractivity contribution in [1.82, 2.24) is 15.6 Å². The summed E-state index contributed by atoms with van der Waals surface area (Å²) in [6.07, 6.45) is 0.849. The Bertz CT molecular complexity index is 499. The van der Waals surface area contributed by atoms with Gasteiger partial charge < -0.3 is 15.7 Å². The normalized spacial score (nSPS) is 18.4. The fourth-order valence-electron chi connectivity index (χ4n) is 1.59. The molecule has 1 aromatic rings. The van der Waals surface area contributed by atoms with Crippen molar-refractivity contribution in [2.75, 3.05) is 0 Å². The number of carboxylic acids is 1. The second-order valence-corrected chi connectivity index (χ2v) is 4.75. The van der Waals surface area contributed by atoms with Crippen molar-refractivity contribution in [3.63, 3.8) is 0 Å². The second kappa shape index (κ2) is 5.13. The number of carboxylic acid groups (broad SMARTS) is 1. The minimum Gasteiger partial charge on any atom is -0.476 e. The van der Waals surface area contributed by atoms with Gasteiger partial charge in [0, 0.05) is 11.8 Å². The summed E-state index contributed by atoms with van der Waals surface area (Å²) >= 11 is 1.17. The van der Waals surface area contributed by atoms with E-state index in [9.17, 15) is 14.4 Å². The van der Waals surface area contributed by atoms with Gasteiger partial charge >= 0.3 is 5.97 Å². The first-order valence-electron chi connectivity index (χ1n) is 5.31. The highest BCUT2D eigenvalue weighted by Gasteiger charge is 2.26. The molecule has 2 rings (SSSR count). The van der Waals surface area contributed by atoms with Crippen LogP contribution in [0.15, 0.2) is 5.38 Å². The first-order valence-corrected chi connectivity index (χ1v) is 6.19. The quantitative estimate of drug-likeness (QED) is 0.697. The van der Waals surface area contributed by atoms with Crippen LogP contribution in [0.2, 0.25) is 0 Å². The molecule has 0 radical (unpaired) electrons. The Hall–Kier alpha value is -1.96. The van der Waals surface area contributed by atoms with Crippen molar-refractivity contribution in [2.45, 2.75) is 25.4 Å². The van der Waals surface area contributed by atoms with Crippen LogP contribution in [0.1, 0.15) is 28.3 Å². The maximum atomic E-state index is 11.6. The average molecular weight is 269 g/mol. The van der Waals surface area contributed by atoms with E-state index in [0.717, 1.165) is 0 Å². The van der Waals surface area contributed by atoms with Crippen molar-refractivity contribution in [2.24, 2.45) is 0 Å². The molecule has 0 aliphatic carbocycles. The zero-order chi connectivity index (χ0) is 13.1.